The van der Waals surface area contributed by atoms with Crippen LogP contribution in [0.3, 0.4) is 0 Å². The number of carbonyl (C=O) groups is 1. The minimum atomic E-state index is -0.869. The predicted octanol–water partition coefficient (Wildman–Crippen LogP) is 1.82. The predicted molar refractivity (Wildman–Crippen MR) is 123 cm³/mol. The number of hydrogen-bond donors (Lipinski definition) is 1. The fourth-order valence-electron chi connectivity index (χ4n) is 4.82. The monoisotopic (exact) mass is 482 g/mol. The van der Waals surface area contributed by atoms with Crippen molar-refractivity contribution in [2.24, 2.45) is 18.9 Å². The van der Waals surface area contributed by atoms with Gasteiger partial charge in [0.15, 0.2) is 5.82 Å². The van der Waals surface area contributed by atoms with Gasteiger partial charge in [-0.2, -0.15) is 4.80 Å². The van der Waals surface area contributed by atoms with Gasteiger partial charge in [0.25, 0.3) is 0 Å². The summed E-state index contributed by atoms with van der Waals surface area (Å²) in [5.41, 5.74) is 2.80. The average Bonchev–Trinajstić information content (AvgIpc) is 3.59. The lowest BCUT2D eigenvalue weighted by Gasteiger charge is -2.27. The number of carboxylic acid groups (broad SMARTS) is 1. The van der Waals surface area contributed by atoms with E-state index in [0.29, 0.717) is 48.3 Å². The summed E-state index contributed by atoms with van der Waals surface area (Å²) in [5, 5.41) is 30.8. The quantitative estimate of drug-likeness (QED) is 0.505. The Morgan fingerprint density at radius 1 is 1.20 bits per heavy atom. The van der Waals surface area contributed by atoms with E-state index in [-0.39, 0.29) is 12.7 Å². The van der Waals surface area contributed by atoms with Gasteiger partial charge in [-0.1, -0.05) is 30.9 Å². The first-order valence-electron chi connectivity index (χ1n) is 12.1. The van der Waals surface area contributed by atoms with E-state index in [4.69, 9.17) is 9.47 Å². The summed E-state index contributed by atoms with van der Waals surface area (Å²) < 4.78 is 13.1. The highest BCUT2D eigenvalue weighted by atomic mass is 16.5. The van der Waals surface area contributed by atoms with Crippen LogP contribution in [0.4, 0.5) is 0 Å². The van der Waals surface area contributed by atoms with Crippen LogP contribution in [0, 0.1) is 18.8 Å². The minimum absolute atomic E-state index is 0.212. The van der Waals surface area contributed by atoms with E-state index in [0.717, 1.165) is 17.9 Å². The number of rotatable bonds is 8. The molecule has 0 amide bonds. The molecule has 2 aliphatic rings. The maximum Gasteiger partial charge on any atom is 0.308 e. The molecule has 1 N–H and O–H groups in total. The molecule has 3 aromatic rings. The molecule has 2 atom stereocenters. The molecule has 1 saturated carbocycles. The molecule has 4 heterocycles. The van der Waals surface area contributed by atoms with Gasteiger partial charge in [0.2, 0.25) is 0 Å². The molecule has 0 spiro atoms. The van der Waals surface area contributed by atoms with E-state index in [1.54, 1.807) is 9.48 Å². The lowest BCUT2D eigenvalue weighted by Crippen LogP contribution is -2.37. The Morgan fingerprint density at radius 2 is 2.03 bits per heavy atom. The van der Waals surface area contributed by atoms with Crippen LogP contribution in [0.25, 0.3) is 11.4 Å². The van der Waals surface area contributed by atoms with Crippen molar-refractivity contribution in [1.82, 2.24) is 40.2 Å². The summed E-state index contributed by atoms with van der Waals surface area (Å²) in [4.78, 5) is 17.6. The summed E-state index contributed by atoms with van der Waals surface area (Å²) in [6.07, 6.45) is 6.00. The Bertz CT molecular complexity index is 1190. The van der Waals surface area contributed by atoms with Gasteiger partial charge >= 0.3 is 5.97 Å². The SMILES string of the molecule is Cc1nc(-c2nnn(C)c2Cn2nnc(CC3CCCC3)n2)ccc1O[C@H]1COC[C@H](C(=O)O)C1. The number of nitrogens with zero attached hydrogens (tertiary/aromatic N) is 8. The lowest BCUT2D eigenvalue weighted by atomic mass is 10.0. The number of tetrazole rings is 1. The fraction of sp³-hybridized carbons (Fsp3) is 0.609. The molecule has 1 aliphatic carbocycles. The molecule has 0 unspecified atom stereocenters. The highest BCUT2D eigenvalue weighted by Crippen LogP contribution is 2.28. The third kappa shape index (κ3) is 5.31. The van der Waals surface area contributed by atoms with E-state index in [1.165, 1.54) is 25.7 Å². The van der Waals surface area contributed by atoms with E-state index >= 15 is 0 Å². The number of carboxylic acids is 1. The highest BCUT2D eigenvalue weighted by Gasteiger charge is 2.29. The fourth-order valence-corrected chi connectivity index (χ4v) is 4.82. The van der Waals surface area contributed by atoms with Gasteiger partial charge in [-0.25, -0.2) is 9.67 Å². The van der Waals surface area contributed by atoms with Crippen molar-refractivity contribution in [3.8, 4) is 17.1 Å². The van der Waals surface area contributed by atoms with Gasteiger partial charge in [0, 0.05) is 19.9 Å². The van der Waals surface area contributed by atoms with Gasteiger partial charge < -0.3 is 14.6 Å². The van der Waals surface area contributed by atoms with Gasteiger partial charge in [0.05, 0.1) is 36.2 Å². The summed E-state index contributed by atoms with van der Waals surface area (Å²) in [7, 11) is 1.83. The standard InChI is InChI=1S/C23H30N8O4/c1-14-20(35-17-10-16(23(32)33)12-34-13-17)8-7-18(24-14)22-19(30(2)28-26-22)11-31-27-21(25-29-31)9-15-5-3-4-6-15/h7-8,15-17H,3-6,9-13H2,1-2H3,(H,32,33)/t16-,17-/m1/s1. The molecule has 0 bridgehead atoms. The third-order valence-corrected chi connectivity index (χ3v) is 6.77. The molecule has 12 heteroatoms. The largest absolute Gasteiger partial charge is 0.486 e. The van der Waals surface area contributed by atoms with Crippen LogP contribution in [-0.4, -0.2) is 70.6 Å². The van der Waals surface area contributed by atoms with Crippen molar-refractivity contribution in [2.45, 2.75) is 58.1 Å². The smallest absolute Gasteiger partial charge is 0.308 e. The van der Waals surface area contributed by atoms with Crippen LogP contribution < -0.4 is 4.74 Å². The molecule has 12 nitrogen and oxygen atoms in total. The number of aromatic nitrogens is 8. The molecule has 35 heavy (non-hydrogen) atoms. The van der Waals surface area contributed by atoms with Crippen LogP contribution in [0.1, 0.15) is 49.3 Å². The van der Waals surface area contributed by atoms with Gasteiger partial charge in [-0.05, 0) is 30.2 Å². The normalized spacial score (nSPS) is 20.9. The molecule has 0 radical (unpaired) electrons. The molecule has 186 valence electrons. The molecule has 1 aliphatic heterocycles. The van der Waals surface area contributed by atoms with Crippen LogP contribution in [0.15, 0.2) is 12.1 Å². The summed E-state index contributed by atoms with van der Waals surface area (Å²) in [6.45, 7) is 2.80. The van der Waals surface area contributed by atoms with Crippen molar-refractivity contribution >= 4 is 5.97 Å². The second-order valence-electron chi connectivity index (χ2n) is 9.43. The Balaban J connectivity index is 1.29. The van der Waals surface area contributed by atoms with Crippen molar-refractivity contribution in [3.63, 3.8) is 0 Å². The highest BCUT2D eigenvalue weighted by molar-refractivity contribution is 5.70. The maximum absolute atomic E-state index is 11.3. The van der Waals surface area contributed by atoms with E-state index < -0.39 is 11.9 Å². The first-order chi connectivity index (χ1) is 17.0. The summed E-state index contributed by atoms with van der Waals surface area (Å²) in [6, 6.07) is 3.66. The van der Waals surface area contributed by atoms with Crippen molar-refractivity contribution in [1.29, 1.82) is 0 Å². The molecule has 1 saturated heterocycles. The maximum atomic E-state index is 11.3. The second-order valence-corrected chi connectivity index (χ2v) is 9.43. The van der Waals surface area contributed by atoms with E-state index in [2.05, 4.69) is 30.7 Å². The Morgan fingerprint density at radius 3 is 2.80 bits per heavy atom. The first kappa shape index (κ1) is 23.3. The Kier molecular flexibility index (Phi) is 6.71. The zero-order chi connectivity index (χ0) is 24.4. The molecular formula is C23H30N8O4. The molecule has 2 fully saturated rings. The molecule has 3 aromatic heterocycles. The van der Waals surface area contributed by atoms with Crippen LogP contribution >= 0.6 is 0 Å². The van der Waals surface area contributed by atoms with Crippen LogP contribution in [0.5, 0.6) is 5.75 Å². The van der Waals surface area contributed by atoms with E-state index in [1.807, 2.05) is 26.1 Å². The summed E-state index contributed by atoms with van der Waals surface area (Å²) >= 11 is 0. The zero-order valence-electron chi connectivity index (χ0n) is 20.0. The summed E-state index contributed by atoms with van der Waals surface area (Å²) in [5.74, 6) is 0.595. The Hall–Kier alpha value is -3.41. The van der Waals surface area contributed by atoms with Crippen molar-refractivity contribution in [3.05, 3.63) is 29.3 Å². The number of ether oxygens (including phenoxy) is 2. The number of hydrogen-bond acceptors (Lipinski definition) is 9. The Labute approximate surface area is 202 Å². The van der Waals surface area contributed by atoms with Crippen LogP contribution in [-0.2, 0) is 29.5 Å². The average molecular weight is 483 g/mol. The first-order valence-corrected chi connectivity index (χ1v) is 12.1. The molecule has 5 rings (SSSR count). The molecule has 0 aromatic carbocycles. The zero-order valence-corrected chi connectivity index (χ0v) is 20.0. The van der Waals surface area contributed by atoms with E-state index in [9.17, 15) is 9.90 Å². The number of pyridine rings is 1. The second kappa shape index (κ2) is 10.1. The number of aryl methyl sites for hydroxylation is 2. The minimum Gasteiger partial charge on any atom is -0.486 e. The van der Waals surface area contributed by atoms with Gasteiger partial charge in [-0.15, -0.1) is 15.3 Å². The van der Waals surface area contributed by atoms with Crippen LogP contribution in [0.2, 0.25) is 0 Å². The van der Waals surface area contributed by atoms with Crippen molar-refractivity contribution in [2.75, 3.05) is 13.2 Å². The van der Waals surface area contributed by atoms with Gasteiger partial charge in [0.1, 0.15) is 24.1 Å². The van der Waals surface area contributed by atoms with Gasteiger partial charge in [-0.3, -0.25) is 4.79 Å². The molecular weight excluding hydrogens is 452 g/mol. The topological polar surface area (TPSA) is 143 Å². The lowest BCUT2D eigenvalue weighted by molar-refractivity contribution is -0.149. The van der Waals surface area contributed by atoms with Crippen molar-refractivity contribution < 1.29 is 19.4 Å². The third-order valence-electron chi connectivity index (χ3n) is 6.77. The number of aliphatic carboxylic acids is 1.